The van der Waals surface area contributed by atoms with Gasteiger partial charge < -0.3 is 14.8 Å². The molecule has 0 saturated carbocycles. The van der Waals surface area contributed by atoms with Crippen LogP contribution in [0, 0.1) is 0 Å². The minimum atomic E-state index is -0.417. The van der Waals surface area contributed by atoms with Crippen molar-refractivity contribution < 1.29 is 19.1 Å². The first kappa shape index (κ1) is 16.0. The second-order valence-electron chi connectivity index (χ2n) is 4.29. The first-order chi connectivity index (χ1) is 9.62. The zero-order valence-corrected chi connectivity index (χ0v) is 12.2. The van der Waals surface area contributed by atoms with Crippen molar-refractivity contribution in [2.45, 2.75) is 33.1 Å². The average Bonchev–Trinajstić information content (AvgIpc) is 2.45. The predicted octanol–water partition coefficient (Wildman–Crippen LogP) is 3.00. The summed E-state index contributed by atoms with van der Waals surface area (Å²) in [6.45, 7) is 4.08. The molecule has 1 aromatic rings. The van der Waals surface area contributed by atoms with Crippen molar-refractivity contribution in [1.82, 2.24) is 0 Å². The molecule has 5 heteroatoms. The van der Waals surface area contributed by atoms with E-state index in [0.717, 1.165) is 12.8 Å². The molecule has 0 aliphatic heterocycles. The van der Waals surface area contributed by atoms with Crippen LogP contribution in [0.5, 0.6) is 5.75 Å². The van der Waals surface area contributed by atoms with Crippen LogP contribution >= 0.6 is 0 Å². The third-order valence-electron chi connectivity index (χ3n) is 2.74. The van der Waals surface area contributed by atoms with Crippen molar-refractivity contribution in [3.8, 4) is 5.75 Å². The van der Waals surface area contributed by atoms with Crippen LogP contribution in [0.1, 0.15) is 43.5 Å². The number of benzene rings is 1. The molecule has 0 unspecified atom stereocenters. The summed E-state index contributed by atoms with van der Waals surface area (Å²) in [5.41, 5.74) is 0.873. The van der Waals surface area contributed by atoms with Crippen LogP contribution in [0.4, 0.5) is 5.69 Å². The van der Waals surface area contributed by atoms with Gasteiger partial charge in [0.05, 0.1) is 25.0 Å². The Labute approximate surface area is 119 Å². The maximum absolute atomic E-state index is 11.8. The van der Waals surface area contributed by atoms with Crippen molar-refractivity contribution in [2.75, 3.05) is 19.0 Å². The second kappa shape index (κ2) is 8.19. The van der Waals surface area contributed by atoms with Crippen LogP contribution in [-0.2, 0) is 9.53 Å². The molecule has 1 amide bonds. The van der Waals surface area contributed by atoms with E-state index < -0.39 is 5.97 Å². The highest BCUT2D eigenvalue weighted by Crippen LogP contribution is 2.26. The molecule has 0 aliphatic rings. The molecule has 1 rings (SSSR count). The quantitative estimate of drug-likeness (QED) is 0.779. The maximum Gasteiger partial charge on any atom is 0.338 e. The summed E-state index contributed by atoms with van der Waals surface area (Å²) in [5, 5.41) is 2.76. The largest absolute Gasteiger partial charge is 0.495 e. The molecule has 1 N–H and O–H groups in total. The summed E-state index contributed by atoms with van der Waals surface area (Å²) in [4.78, 5) is 23.4. The summed E-state index contributed by atoms with van der Waals surface area (Å²) >= 11 is 0. The molecule has 0 atom stereocenters. The lowest BCUT2D eigenvalue weighted by Crippen LogP contribution is -2.13. The zero-order valence-electron chi connectivity index (χ0n) is 12.2. The number of carbonyl (C=O) groups is 2. The van der Waals surface area contributed by atoms with E-state index in [1.807, 2.05) is 6.92 Å². The Bertz CT molecular complexity index is 471. The fourth-order valence-electron chi connectivity index (χ4n) is 1.70. The van der Waals surface area contributed by atoms with Gasteiger partial charge in [-0.2, -0.15) is 0 Å². The first-order valence-electron chi connectivity index (χ1n) is 6.77. The summed E-state index contributed by atoms with van der Waals surface area (Å²) in [5.74, 6) is 0.00765. The van der Waals surface area contributed by atoms with E-state index in [1.165, 1.54) is 7.11 Å². The lowest BCUT2D eigenvalue weighted by Gasteiger charge is -2.11. The van der Waals surface area contributed by atoms with Gasteiger partial charge in [0, 0.05) is 6.42 Å². The molecule has 5 nitrogen and oxygen atoms in total. The zero-order chi connectivity index (χ0) is 15.0. The van der Waals surface area contributed by atoms with E-state index in [-0.39, 0.29) is 5.91 Å². The number of hydrogen-bond donors (Lipinski definition) is 1. The second-order valence-corrected chi connectivity index (χ2v) is 4.29. The minimum absolute atomic E-state index is 0.0915. The predicted molar refractivity (Wildman–Crippen MR) is 77.1 cm³/mol. The van der Waals surface area contributed by atoms with Gasteiger partial charge in [-0.15, -0.1) is 0 Å². The number of nitrogens with one attached hydrogen (secondary N) is 1. The van der Waals surface area contributed by atoms with E-state index in [9.17, 15) is 9.59 Å². The van der Waals surface area contributed by atoms with Crippen LogP contribution < -0.4 is 10.1 Å². The first-order valence-corrected chi connectivity index (χ1v) is 6.77. The molecule has 0 bridgehead atoms. The number of methoxy groups -OCH3 is 1. The molecule has 0 heterocycles. The minimum Gasteiger partial charge on any atom is -0.495 e. The van der Waals surface area contributed by atoms with Crippen LogP contribution in [0.25, 0.3) is 0 Å². The average molecular weight is 279 g/mol. The third-order valence-corrected chi connectivity index (χ3v) is 2.74. The standard InChI is InChI=1S/C15H21NO4/c1-4-6-7-14(17)16-12-10-11(15(18)20-5-2)8-9-13(12)19-3/h8-10H,4-7H2,1-3H3,(H,16,17). The molecule has 0 saturated heterocycles. The fraction of sp³-hybridized carbons (Fsp3) is 0.467. The van der Waals surface area contributed by atoms with Gasteiger partial charge in [-0.05, 0) is 31.5 Å². The fourth-order valence-corrected chi connectivity index (χ4v) is 1.70. The molecule has 0 aliphatic carbocycles. The monoisotopic (exact) mass is 279 g/mol. The Kier molecular flexibility index (Phi) is 6.56. The van der Waals surface area contributed by atoms with E-state index in [0.29, 0.717) is 30.0 Å². The number of rotatable bonds is 7. The van der Waals surface area contributed by atoms with Gasteiger partial charge in [-0.25, -0.2) is 4.79 Å². The summed E-state index contributed by atoms with van der Waals surface area (Å²) < 4.78 is 10.1. The molecular formula is C15H21NO4. The lowest BCUT2D eigenvalue weighted by molar-refractivity contribution is -0.116. The number of carbonyl (C=O) groups excluding carboxylic acids is 2. The Balaban J connectivity index is 2.88. The number of ether oxygens (including phenoxy) is 2. The molecular weight excluding hydrogens is 258 g/mol. The number of anilines is 1. The van der Waals surface area contributed by atoms with Crippen LogP contribution in [0.2, 0.25) is 0 Å². The van der Waals surface area contributed by atoms with E-state index in [1.54, 1.807) is 25.1 Å². The van der Waals surface area contributed by atoms with Gasteiger partial charge in [0.25, 0.3) is 0 Å². The Hall–Kier alpha value is -2.04. The topological polar surface area (TPSA) is 64.6 Å². The van der Waals surface area contributed by atoms with Gasteiger partial charge in [-0.3, -0.25) is 4.79 Å². The van der Waals surface area contributed by atoms with Gasteiger partial charge in [-0.1, -0.05) is 13.3 Å². The van der Waals surface area contributed by atoms with Gasteiger partial charge in [0.1, 0.15) is 5.75 Å². The van der Waals surface area contributed by atoms with Crippen LogP contribution in [0.15, 0.2) is 18.2 Å². The summed E-state index contributed by atoms with van der Waals surface area (Å²) in [7, 11) is 1.51. The number of unbranched alkanes of at least 4 members (excludes halogenated alkanes) is 1. The van der Waals surface area contributed by atoms with Crippen molar-refractivity contribution >= 4 is 17.6 Å². The normalized spacial score (nSPS) is 9.95. The van der Waals surface area contributed by atoms with Gasteiger partial charge >= 0.3 is 5.97 Å². The molecule has 110 valence electrons. The Morgan fingerprint density at radius 3 is 2.60 bits per heavy atom. The van der Waals surface area contributed by atoms with Crippen molar-refractivity contribution in [3.63, 3.8) is 0 Å². The Morgan fingerprint density at radius 1 is 1.25 bits per heavy atom. The highest BCUT2D eigenvalue weighted by molar-refractivity contribution is 5.96. The molecule has 20 heavy (non-hydrogen) atoms. The van der Waals surface area contributed by atoms with E-state index in [2.05, 4.69) is 5.32 Å². The van der Waals surface area contributed by atoms with Gasteiger partial charge in [0.15, 0.2) is 0 Å². The molecule has 0 aromatic heterocycles. The van der Waals surface area contributed by atoms with Gasteiger partial charge in [0.2, 0.25) is 5.91 Å². The molecule has 1 aromatic carbocycles. The molecule has 0 spiro atoms. The highest BCUT2D eigenvalue weighted by atomic mass is 16.5. The third kappa shape index (κ3) is 4.57. The van der Waals surface area contributed by atoms with E-state index >= 15 is 0 Å². The summed E-state index contributed by atoms with van der Waals surface area (Å²) in [6.07, 6.45) is 2.22. The highest BCUT2D eigenvalue weighted by Gasteiger charge is 2.12. The molecule has 0 fully saturated rings. The SMILES string of the molecule is CCCCC(=O)Nc1cc(C(=O)OCC)ccc1OC. The van der Waals surface area contributed by atoms with Crippen molar-refractivity contribution in [1.29, 1.82) is 0 Å². The molecule has 0 radical (unpaired) electrons. The smallest absolute Gasteiger partial charge is 0.338 e. The van der Waals surface area contributed by atoms with Crippen molar-refractivity contribution in [2.24, 2.45) is 0 Å². The number of hydrogen-bond acceptors (Lipinski definition) is 4. The summed E-state index contributed by atoms with van der Waals surface area (Å²) in [6, 6.07) is 4.82. The number of esters is 1. The number of amides is 1. The van der Waals surface area contributed by atoms with Crippen LogP contribution in [0.3, 0.4) is 0 Å². The Morgan fingerprint density at radius 2 is 2.00 bits per heavy atom. The van der Waals surface area contributed by atoms with Crippen molar-refractivity contribution in [3.05, 3.63) is 23.8 Å². The lowest BCUT2D eigenvalue weighted by atomic mass is 10.1. The maximum atomic E-state index is 11.8. The van der Waals surface area contributed by atoms with Crippen LogP contribution in [-0.4, -0.2) is 25.6 Å². The van der Waals surface area contributed by atoms with E-state index in [4.69, 9.17) is 9.47 Å².